The van der Waals surface area contributed by atoms with Gasteiger partial charge in [-0.25, -0.2) is 0 Å². The van der Waals surface area contributed by atoms with Gasteiger partial charge in [-0.2, -0.15) is 0 Å². The fourth-order valence-electron chi connectivity index (χ4n) is 1.21. The highest BCUT2D eigenvalue weighted by Gasteiger charge is 2.25. The second kappa shape index (κ2) is 4.85. The molecule has 6 heteroatoms. The van der Waals surface area contributed by atoms with Crippen molar-refractivity contribution >= 4 is 22.9 Å². The number of rotatable bonds is 4. The lowest BCUT2D eigenvalue weighted by atomic mass is 10.1. The van der Waals surface area contributed by atoms with Gasteiger partial charge in [-0.3, -0.25) is 9.59 Å². The first-order chi connectivity index (χ1) is 6.94. The van der Waals surface area contributed by atoms with Gasteiger partial charge in [0.15, 0.2) is 0 Å². The molecule has 1 heterocycles. The normalized spacial score (nSPS) is 17.0. The molecule has 2 amide bonds. The Labute approximate surface area is 93.7 Å². The molecule has 0 aliphatic carbocycles. The van der Waals surface area contributed by atoms with E-state index in [0.29, 0.717) is 13.1 Å². The molecule has 3 N–H and O–H groups in total. The first-order valence-corrected chi connectivity index (χ1v) is 5.86. The Morgan fingerprint density at radius 2 is 2.33 bits per heavy atom. The van der Waals surface area contributed by atoms with Gasteiger partial charge >= 0.3 is 0 Å². The fraction of sp³-hybridized carbons (Fsp3) is 0.778. The number of hydrogen-bond acceptors (Lipinski definition) is 4. The number of hydrogen-bond donors (Lipinski definition) is 2. The maximum absolute atomic E-state index is 11.5. The van der Waals surface area contributed by atoms with Crippen LogP contribution >= 0.6 is 11.8 Å². The largest absolute Gasteiger partial charge is 0.348 e. The summed E-state index contributed by atoms with van der Waals surface area (Å²) < 4.78 is 0. The summed E-state index contributed by atoms with van der Waals surface area (Å²) in [5, 5.41) is 2.77. The maximum Gasteiger partial charge on any atom is 0.282 e. The SMILES string of the molecule is CC(C)(CN)NC(=O)CN1CCSC1=O. The molecular formula is C9H17N3O2S. The van der Waals surface area contributed by atoms with E-state index in [2.05, 4.69) is 5.32 Å². The zero-order valence-corrected chi connectivity index (χ0v) is 9.89. The van der Waals surface area contributed by atoms with E-state index in [9.17, 15) is 9.59 Å². The number of carbonyl (C=O) groups is 2. The Morgan fingerprint density at radius 1 is 1.67 bits per heavy atom. The summed E-state index contributed by atoms with van der Waals surface area (Å²) in [5.74, 6) is 0.619. The van der Waals surface area contributed by atoms with Crippen LogP contribution in [0.5, 0.6) is 0 Å². The van der Waals surface area contributed by atoms with Crippen LogP contribution in [-0.4, -0.2) is 47.0 Å². The molecule has 0 aromatic rings. The first-order valence-electron chi connectivity index (χ1n) is 4.87. The van der Waals surface area contributed by atoms with Crippen LogP contribution in [0.3, 0.4) is 0 Å². The lowest BCUT2D eigenvalue weighted by Crippen LogP contribution is -2.51. The summed E-state index contributed by atoms with van der Waals surface area (Å²) in [7, 11) is 0. The second-order valence-electron chi connectivity index (χ2n) is 4.17. The number of nitrogens with zero attached hydrogens (tertiary/aromatic N) is 1. The molecule has 1 aliphatic heterocycles. The number of nitrogens with two attached hydrogens (primary N) is 1. The lowest BCUT2D eigenvalue weighted by Gasteiger charge is -2.25. The molecule has 5 nitrogen and oxygen atoms in total. The molecule has 1 rings (SSSR count). The Balaban J connectivity index is 2.39. The third-order valence-corrected chi connectivity index (χ3v) is 3.06. The molecular weight excluding hydrogens is 214 g/mol. The number of amides is 2. The van der Waals surface area contributed by atoms with Gasteiger partial charge in [-0.1, -0.05) is 11.8 Å². The van der Waals surface area contributed by atoms with Gasteiger partial charge in [0.25, 0.3) is 5.24 Å². The van der Waals surface area contributed by atoms with Crippen LogP contribution in [0.2, 0.25) is 0 Å². The monoisotopic (exact) mass is 231 g/mol. The van der Waals surface area contributed by atoms with Gasteiger partial charge in [0.1, 0.15) is 6.54 Å². The first kappa shape index (κ1) is 12.3. The summed E-state index contributed by atoms with van der Waals surface area (Å²) in [4.78, 5) is 24.3. The lowest BCUT2D eigenvalue weighted by molar-refractivity contribution is -0.123. The number of thioether (sulfide) groups is 1. The smallest absolute Gasteiger partial charge is 0.282 e. The van der Waals surface area contributed by atoms with E-state index in [1.54, 1.807) is 4.90 Å². The molecule has 0 radical (unpaired) electrons. The molecule has 0 aromatic heterocycles. The average molecular weight is 231 g/mol. The van der Waals surface area contributed by atoms with E-state index in [4.69, 9.17) is 5.73 Å². The van der Waals surface area contributed by atoms with Gasteiger partial charge < -0.3 is 16.0 Å². The Kier molecular flexibility index (Phi) is 3.98. The summed E-state index contributed by atoms with van der Waals surface area (Å²) in [6.45, 7) is 4.87. The van der Waals surface area contributed by atoms with Gasteiger partial charge in [-0.15, -0.1) is 0 Å². The quantitative estimate of drug-likeness (QED) is 0.714. The molecule has 0 unspecified atom stereocenters. The topological polar surface area (TPSA) is 75.4 Å². The molecule has 15 heavy (non-hydrogen) atoms. The average Bonchev–Trinajstić information content (AvgIpc) is 2.51. The van der Waals surface area contributed by atoms with Crippen LogP contribution in [0.4, 0.5) is 4.79 Å². The van der Waals surface area contributed by atoms with Crippen molar-refractivity contribution in [3.8, 4) is 0 Å². The van der Waals surface area contributed by atoms with Crippen LogP contribution in [0.15, 0.2) is 0 Å². The molecule has 86 valence electrons. The van der Waals surface area contributed by atoms with Crippen LogP contribution in [0, 0.1) is 0 Å². The standard InChI is InChI=1S/C9H17N3O2S/c1-9(2,6-10)11-7(13)5-12-3-4-15-8(12)14/h3-6,10H2,1-2H3,(H,11,13). The number of nitrogens with one attached hydrogen (secondary N) is 1. The van der Waals surface area contributed by atoms with Gasteiger partial charge in [0.05, 0.1) is 0 Å². The summed E-state index contributed by atoms with van der Waals surface area (Å²) in [6.07, 6.45) is 0. The molecule has 1 aliphatic rings. The van der Waals surface area contributed by atoms with Crippen LogP contribution < -0.4 is 11.1 Å². The van der Waals surface area contributed by atoms with Crippen LogP contribution in [0.25, 0.3) is 0 Å². The highest BCUT2D eigenvalue weighted by atomic mass is 32.2. The minimum Gasteiger partial charge on any atom is -0.348 e. The Bertz CT molecular complexity index is 268. The van der Waals surface area contributed by atoms with Crippen LogP contribution in [0.1, 0.15) is 13.8 Å². The third-order valence-electron chi connectivity index (χ3n) is 2.17. The molecule has 0 atom stereocenters. The van der Waals surface area contributed by atoms with Crippen molar-refractivity contribution in [3.63, 3.8) is 0 Å². The van der Waals surface area contributed by atoms with Gasteiger partial charge in [0.2, 0.25) is 5.91 Å². The molecule has 1 saturated heterocycles. The zero-order valence-electron chi connectivity index (χ0n) is 9.08. The van der Waals surface area contributed by atoms with Crippen LogP contribution in [-0.2, 0) is 4.79 Å². The van der Waals surface area contributed by atoms with Gasteiger partial charge in [0, 0.05) is 24.4 Å². The van der Waals surface area contributed by atoms with E-state index >= 15 is 0 Å². The molecule has 0 aromatic carbocycles. The second-order valence-corrected chi connectivity index (χ2v) is 5.22. The Morgan fingerprint density at radius 3 is 2.80 bits per heavy atom. The predicted molar refractivity (Wildman–Crippen MR) is 60.7 cm³/mol. The van der Waals surface area contributed by atoms with E-state index in [0.717, 1.165) is 5.75 Å². The third kappa shape index (κ3) is 3.71. The minimum atomic E-state index is -0.410. The van der Waals surface area contributed by atoms with Crippen molar-refractivity contribution < 1.29 is 9.59 Å². The summed E-state index contributed by atoms with van der Waals surface area (Å²) in [6, 6.07) is 0. The zero-order chi connectivity index (χ0) is 11.5. The van der Waals surface area contributed by atoms with Crippen molar-refractivity contribution in [1.29, 1.82) is 0 Å². The van der Waals surface area contributed by atoms with E-state index in [1.165, 1.54) is 11.8 Å². The molecule has 1 fully saturated rings. The van der Waals surface area contributed by atoms with Crippen molar-refractivity contribution in [2.24, 2.45) is 5.73 Å². The van der Waals surface area contributed by atoms with E-state index in [1.807, 2.05) is 13.8 Å². The van der Waals surface area contributed by atoms with Crippen molar-refractivity contribution in [2.45, 2.75) is 19.4 Å². The van der Waals surface area contributed by atoms with E-state index < -0.39 is 5.54 Å². The highest BCUT2D eigenvalue weighted by molar-refractivity contribution is 8.13. The van der Waals surface area contributed by atoms with Gasteiger partial charge in [-0.05, 0) is 13.8 Å². The maximum atomic E-state index is 11.5. The molecule has 0 spiro atoms. The van der Waals surface area contributed by atoms with Crippen molar-refractivity contribution in [1.82, 2.24) is 10.2 Å². The van der Waals surface area contributed by atoms with Crippen molar-refractivity contribution in [3.05, 3.63) is 0 Å². The molecule has 0 bridgehead atoms. The van der Waals surface area contributed by atoms with Crippen molar-refractivity contribution in [2.75, 3.05) is 25.4 Å². The summed E-state index contributed by atoms with van der Waals surface area (Å²) >= 11 is 1.25. The van der Waals surface area contributed by atoms with E-state index in [-0.39, 0.29) is 17.7 Å². The predicted octanol–water partition coefficient (Wildman–Crippen LogP) is 0.00870. The minimum absolute atomic E-state index is 0.0179. The summed E-state index contributed by atoms with van der Waals surface area (Å²) in [5.41, 5.74) is 5.08. The number of carbonyl (C=O) groups excluding carboxylic acids is 2. The highest BCUT2D eigenvalue weighted by Crippen LogP contribution is 2.16. The fourth-order valence-corrected chi connectivity index (χ4v) is 2.04. The Hall–Kier alpha value is -0.750. The molecule has 0 saturated carbocycles.